The Morgan fingerprint density at radius 1 is 1.38 bits per heavy atom. The number of nitrogens with zero attached hydrogens (tertiary/aromatic N) is 1. The van der Waals surface area contributed by atoms with Crippen LogP contribution in [0.3, 0.4) is 0 Å². The molecule has 1 fully saturated rings. The number of hydrogen-bond donors (Lipinski definition) is 2. The van der Waals surface area contributed by atoms with Gasteiger partial charge in [0, 0.05) is 18.8 Å². The molecule has 1 saturated heterocycles. The number of benzene rings is 1. The molecule has 3 N–H and O–H groups in total. The molecule has 2 rings (SSSR count). The molecule has 1 aliphatic heterocycles. The number of halogens is 2. The molecule has 5 heteroatoms. The predicted molar refractivity (Wildman–Crippen MR) is 58.2 cm³/mol. The maximum absolute atomic E-state index is 13.6. The molecule has 3 nitrogen and oxygen atoms in total. The summed E-state index contributed by atoms with van der Waals surface area (Å²) in [5.41, 5.74) is 4.40. The van der Waals surface area contributed by atoms with Crippen LogP contribution in [0.4, 0.5) is 20.2 Å². The highest BCUT2D eigenvalue weighted by Gasteiger charge is 2.33. The van der Waals surface area contributed by atoms with Gasteiger partial charge in [0.2, 0.25) is 0 Å². The van der Waals surface area contributed by atoms with Gasteiger partial charge in [-0.05, 0) is 25.5 Å². The molecule has 1 aliphatic rings. The summed E-state index contributed by atoms with van der Waals surface area (Å²) in [7, 11) is 0. The van der Waals surface area contributed by atoms with Crippen LogP contribution in [-0.2, 0) is 0 Å². The number of aliphatic hydroxyl groups is 1. The molecule has 1 atom stereocenters. The van der Waals surface area contributed by atoms with Gasteiger partial charge in [-0.3, -0.25) is 0 Å². The third-order valence-electron chi connectivity index (χ3n) is 2.81. The van der Waals surface area contributed by atoms with E-state index in [0.717, 1.165) is 12.1 Å². The maximum atomic E-state index is 13.6. The molecular formula is C11H14F2N2O. The van der Waals surface area contributed by atoms with Crippen molar-refractivity contribution < 1.29 is 13.9 Å². The van der Waals surface area contributed by atoms with E-state index in [2.05, 4.69) is 0 Å². The molecule has 0 aromatic heterocycles. The first-order chi connectivity index (χ1) is 7.39. The van der Waals surface area contributed by atoms with Gasteiger partial charge in [0.05, 0.1) is 5.60 Å². The first kappa shape index (κ1) is 11.1. The Morgan fingerprint density at radius 2 is 1.94 bits per heavy atom. The van der Waals surface area contributed by atoms with Crippen LogP contribution in [0.15, 0.2) is 12.1 Å². The predicted octanol–water partition coefficient (Wildman–Crippen LogP) is 1.51. The summed E-state index contributed by atoms with van der Waals surface area (Å²) < 4.78 is 27.1. The number of hydrogen-bond acceptors (Lipinski definition) is 3. The zero-order valence-corrected chi connectivity index (χ0v) is 9.00. The molecule has 16 heavy (non-hydrogen) atoms. The van der Waals surface area contributed by atoms with Gasteiger partial charge in [0.15, 0.2) is 11.6 Å². The second-order valence-electron chi connectivity index (χ2n) is 4.50. The van der Waals surface area contributed by atoms with Crippen molar-refractivity contribution >= 4 is 11.4 Å². The quantitative estimate of drug-likeness (QED) is 0.716. The van der Waals surface area contributed by atoms with Crippen LogP contribution in [0, 0.1) is 11.6 Å². The molecular weight excluding hydrogens is 214 g/mol. The average Bonchev–Trinajstić information content (AvgIpc) is 2.44. The van der Waals surface area contributed by atoms with Gasteiger partial charge < -0.3 is 15.7 Å². The molecule has 0 spiro atoms. The summed E-state index contributed by atoms with van der Waals surface area (Å²) in [4.78, 5) is 1.50. The molecule has 1 unspecified atom stereocenters. The summed E-state index contributed by atoms with van der Waals surface area (Å²) in [5.74, 6) is -1.37. The zero-order chi connectivity index (χ0) is 11.9. The largest absolute Gasteiger partial charge is 0.399 e. The Balaban J connectivity index is 2.35. The van der Waals surface area contributed by atoms with E-state index in [0.29, 0.717) is 13.0 Å². The zero-order valence-electron chi connectivity index (χ0n) is 9.00. The maximum Gasteiger partial charge on any atom is 0.151 e. The van der Waals surface area contributed by atoms with Gasteiger partial charge in [-0.25, -0.2) is 8.78 Å². The van der Waals surface area contributed by atoms with Gasteiger partial charge in [0.25, 0.3) is 0 Å². The van der Waals surface area contributed by atoms with Gasteiger partial charge in [-0.15, -0.1) is 0 Å². The van der Waals surface area contributed by atoms with Gasteiger partial charge in [-0.1, -0.05) is 0 Å². The molecule has 1 heterocycles. The number of nitrogens with two attached hydrogens (primary N) is 1. The van der Waals surface area contributed by atoms with E-state index >= 15 is 0 Å². The van der Waals surface area contributed by atoms with Crippen LogP contribution in [0.5, 0.6) is 0 Å². The summed E-state index contributed by atoms with van der Waals surface area (Å²) in [6, 6.07) is 2.18. The SMILES string of the molecule is CC1(O)CCN(c2c(F)cc(N)cc2F)C1. The van der Waals surface area contributed by atoms with Crippen LogP contribution in [0.2, 0.25) is 0 Å². The fraction of sp³-hybridized carbons (Fsp3) is 0.455. The molecule has 0 bridgehead atoms. The fourth-order valence-electron chi connectivity index (χ4n) is 2.02. The second-order valence-corrected chi connectivity index (χ2v) is 4.50. The molecule has 0 radical (unpaired) electrons. The standard InChI is InChI=1S/C11H14F2N2O/c1-11(16)2-3-15(6-11)10-8(12)4-7(14)5-9(10)13/h4-5,16H,2-3,6,14H2,1H3. The Kier molecular flexibility index (Phi) is 2.50. The minimum absolute atomic E-state index is 0.0599. The minimum Gasteiger partial charge on any atom is -0.399 e. The van der Waals surface area contributed by atoms with E-state index in [1.54, 1.807) is 6.92 Å². The van der Waals surface area contributed by atoms with Crippen molar-refractivity contribution in [3.05, 3.63) is 23.8 Å². The van der Waals surface area contributed by atoms with Crippen LogP contribution in [-0.4, -0.2) is 23.8 Å². The van der Waals surface area contributed by atoms with E-state index in [9.17, 15) is 13.9 Å². The first-order valence-corrected chi connectivity index (χ1v) is 5.11. The van der Waals surface area contributed by atoms with Crippen molar-refractivity contribution in [3.8, 4) is 0 Å². The molecule has 88 valence electrons. The van der Waals surface area contributed by atoms with Crippen molar-refractivity contribution in [2.45, 2.75) is 18.9 Å². The third kappa shape index (κ3) is 1.95. The average molecular weight is 228 g/mol. The summed E-state index contributed by atoms with van der Waals surface area (Å²) >= 11 is 0. The van der Waals surface area contributed by atoms with E-state index in [1.165, 1.54) is 4.90 Å². The van der Waals surface area contributed by atoms with E-state index < -0.39 is 17.2 Å². The highest BCUT2D eigenvalue weighted by atomic mass is 19.1. The Hall–Kier alpha value is -1.36. The highest BCUT2D eigenvalue weighted by molar-refractivity contribution is 5.56. The number of β-amino-alcohol motifs (C(OH)–C–C–N with tert-alkyl or cyclic N) is 1. The minimum atomic E-state index is -0.889. The highest BCUT2D eigenvalue weighted by Crippen LogP contribution is 2.31. The topological polar surface area (TPSA) is 49.5 Å². The Labute approximate surface area is 92.5 Å². The van der Waals surface area contributed by atoms with Crippen molar-refractivity contribution in [2.75, 3.05) is 23.7 Å². The van der Waals surface area contributed by atoms with E-state index in [1.807, 2.05) is 0 Å². The van der Waals surface area contributed by atoms with Gasteiger partial charge in [0.1, 0.15) is 5.69 Å². The van der Waals surface area contributed by atoms with Gasteiger partial charge in [-0.2, -0.15) is 0 Å². The molecule has 0 saturated carbocycles. The second kappa shape index (κ2) is 3.59. The number of nitrogen functional groups attached to an aromatic ring is 1. The Morgan fingerprint density at radius 3 is 2.38 bits per heavy atom. The lowest BCUT2D eigenvalue weighted by Gasteiger charge is -2.22. The Bertz CT molecular complexity index is 397. The molecule has 0 aliphatic carbocycles. The van der Waals surface area contributed by atoms with E-state index in [4.69, 9.17) is 5.73 Å². The third-order valence-corrected chi connectivity index (χ3v) is 2.81. The summed E-state index contributed by atoms with van der Waals surface area (Å²) in [6.07, 6.45) is 0.496. The summed E-state index contributed by atoms with van der Waals surface area (Å²) in [6.45, 7) is 2.32. The van der Waals surface area contributed by atoms with Crippen molar-refractivity contribution in [1.29, 1.82) is 0 Å². The normalized spacial score (nSPS) is 25.1. The van der Waals surface area contributed by atoms with Gasteiger partial charge >= 0.3 is 0 Å². The van der Waals surface area contributed by atoms with E-state index in [-0.39, 0.29) is 17.9 Å². The monoisotopic (exact) mass is 228 g/mol. The van der Waals surface area contributed by atoms with Crippen LogP contribution in [0.1, 0.15) is 13.3 Å². The number of rotatable bonds is 1. The lowest BCUT2D eigenvalue weighted by atomic mass is 10.1. The van der Waals surface area contributed by atoms with Crippen molar-refractivity contribution in [1.82, 2.24) is 0 Å². The first-order valence-electron chi connectivity index (χ1n) is 5.11. The molecule has 0 amide bonds. The van der Waals surface area contributed by atoms with Crippen molar-refractivity contribution in [2.24, 2.45) is 0 Å². The lowest BCUT2D eigenvalue weighted by molar-refractivity contribution is 0.0839. The molecule has 1 aromatic rings. The summed E-state index contributed by atoms with van der Waals surface area (Å²) in [5, 5.41) is 9.75. The van der Waals surface area contributed by atoms with Crippen LogP contribution in [0.25, 0.3) is 0 Å². The smallest absolute Gasteiger partial charge is 0.151 e. The van der Waals surface area contributed by atoms with Crippen LogP contribution < -0.4 is 10.6 Å². The lowest BCUT2D eigenvalue weighted by Crippen LogP contribution is -2.30. The molecule has 1 aromatic carbocycles. The van der Waals surface area contributed by atoms with Crippen LogP contribution >= 0.6 is 0 Å². The number of anilines is 2. The van der Waals surface area contributed by atoms with Crippen molar-refractivity contribution in [3.63, 3.8) is 0 Å². The fourth-order valence-corrected chi connectivity index (χ4v) is 2.02.